The molecule has 1 heterocycles. The molecule has 1 aromatic carbocycles. The standard InChI is InChI=1S/C19H23N5O5/c1-3-29-18(26)19(10-5-4-6-11-19)20-17(25)16-13(2)23(22-21-16)14-8-7-9-15(12-14)24(27)28/h7-9,12H,3-6,10-11H2,1-2H3,(H,20,25). The summed E-state index contributed by atoms with van der Waals surface area (Å²) in [4.78, 5) is 36.0. The number of nitrogens with one attached hydrogen (secondary N) is 1. The number of nitro groups is 1. The molecule has 1 amide bonds. The van der Waals surface area contributed by atoms with Crippen LogP contribution in [0.4, 0.5) is 5.69 Å². The van der Waals surface area contributed by atoms with Crippen molar-refractivity contribution in [3.63, 3.8) is 0 Å². The van der Waals surface area contributed by atoms with E-state index in [9.17, 15) is 19.7 Å². The Bertz CT molecular complexity index is 933. The van der Waals surface area contributed by atoms with Gasteiger partial charge in [-0.15, -0.1) is 5.10 Å². The number of hydrogen-bond acceptors (Lipinski definition) is 7. The largest absolute Gasteiger partial charge is 0.464 e. The van der Waals surface area contributed by atoms with E-state index in [0.29, 0.717) is 24.2 Å². The summed E-state index contributed by atoms with van der Waals surface area (Å²) in [6, 6.07) is 5.89. The van der Waals surface area contributed by atoms with Crippen molar-refractivity contribution in [2.24, 2.45) is 0 Å². The summed E-state index contributed by atoms with van der Waals surface area (Å²) in [6.07, 6.45) is 3.65. The van der Waals surface area contributed by atoms with Crippen LogP contribution in [0.2, 0.25) is 0 Å². The maximum absolute atomic E-state index is 12.9. The van der Waals surface area contributed by atoms with E-state index in [0.717, 1.165) is 19.3 Å². The van der Waals surface area contributed by atoms with Crippen molar-refractivity contribution >= 4 is 17.6 Å². The SMILES string of the molecule is CCOC(=O)C1(NC(=O)c2nnn(-c3cccc([N+](=O)[O-])c3)c2C)CCCCC1. The lowest BCUT2D eigenvalue weighted by Crippen LogP contribution is -2.56. The van der Waals surface area contributed by atoms with Gasteiger partial charge in [-0.1, -0.05) is 30.5 Å². The zero-order valence-corrected chi connectivity index (χ0v) is 16.4. The maximum atomic E-state index is 12.9. The molecule has 1 fully saturated rings. The molecule has 10 nitrogen and oxygen atoms in total. The lowest BCUT2D eigenvalue weighted by molar-refractivity contribution is -0.384. The lowest BCUT2D eigenvalue weighted by atomic mass is 9.81. The number of benzene rings is 1. The number of nitrogens with zero attached hydrogens (tertiary/aromatic N) is 4. The minimum atomic E-state index is -1.06. The molecule has 0 unspecified atom stereocenters. The third-order valence-corrected chi connectivity index (χ3v) is 5.12. The van der Waals surface area contributed by atoms with Crippen LogP contribution < -0.4 is 5.32 Å². The highest BCUT2D eigenvalue weighted by Gasteiger charge is 2.43. The molecule has 1 N–H and O–H groups in total. The Morgan fingerprint density at radius 2 is 2.03 bits per heavy atom. The molecule has 1 aromatic heterocycles. The first kappa shape index (κ1) is 20.4. The molecule has 3 rings (SSSR count). The summed E-state index contributed by atoms with van der Waals surface area (Å²) >= 11 is 0. The topological polar surface area (TPSA) is 129 Å². The van der Waals surface area contributed by atoms with Gasteiger partial charge in [-0.25, -0.2) is 9.48 Å². The zero-order valence-electron chi connectivity index (χ0n) is 16.4. The van der Waals surface area contributed by atoms with Gasteiger partial charge in [-0.05, 0) is 32.8 Å². The second-order valence-electron chi connectivity index (χ2n) is 7.03. The van der Waals surface area contributed by atoms with Crippen LogP contribution in [-0.4, -0.2) is 43.9 Å². The van der Waals surface area contributed by atoms with Crippen LogP contribution >= 0.6 is 0 Å². The van der Waals surface area contributed by atoms with Crippen LogP contribution in [-0.2, 0) is 9.53 Å². The van der Waals surface area contributed by atoms with E-state index in [1.807, 2.05) is 0 Å². The van der Waals surface area contributed by atoms with Gasteiger partial charge in [0.1, 0.15) is 5.54 Å². The number of carbonyl (C=O) groups excluding carboxylic acids is 2. The maximum Gasteiger partial charge on any atom is 0.331 e. The van der Waals surface area contributed by atoms with Crippen LogP contribution in [0.5, 0.6) is 0 Å². The van der Waals surface area contributed by atoms with Gasteiger partial charge in [-0.3, -0.25) is 14.9 Å². The molecule has 1 aliphatic carbocycles. The first-order valence-electron chi connectivity index (χ1n) is 9.55. The smallest absolute Gasteiger partial charge is 0.331 e. The van der Waals surface area contributed by atoms with Gasteiger partial charge >= 0.3 is 5.97 Å². The quantitative estimate of drug-likeness (QED) is 0.447. The molecule has 0 spiro atoms. The first-order valence-corrected chi connectivity index (χ1v) is 9.55. The van der Waals surface area contributed by atoms with Gasteiger partial charge in [0.05, 0.1) is 22.9 Å². The monoisotopic (exact) mass is 401 g/mol. The molecule has 10 heteroatoms. The minimum Gasteiger partial charge on any atom is -0.464 e. The van der Waals surface area contributed by atoms with E-state index < -0.39 is 22.3 Å². The highest BCUT2D eigenvalue weighted by atomic mass is 16.6. The van der Waals surface area contributed by atoms with Gasteiger partial charge in [0.2, 0.25) is 0 Å². The average molecular weight is 401 g/mol. The van der Waals surface area contributed by atoms with E-state index >= 15 is 0 Å². The van der Waals surface area contributed by atoms with Crippen molar-refractivity contribution in [1.82, 2.24) is 20.3 Å². The van der Waals surface area contributed by atoms with Crippen molar-refractivity contribution in [3.05, 3.63) is 45.8 Å². The Labute approximate surface area is 167 Å². The lowest BCUT2D eigenvalue weighted by Gasteiger charge is -2.35. The summed E-state index contributed by atoms with van der Waals surface area (Å²) in [5, 5.41) is 21.8. The number of carbonyl (C=O) groups is 2. The fourth-order valence-electron chi connectivity index (χ4n) is 3.60. The zero-order chi connectivity index (χ0) is 21.0. The summed E-state index contributed by atoms with van der Waals surface area (Å²) in [5.74, 6) is -0.953. The second-order valence-corrected chi connectivity index (χ2v) is 7.03. The third kappa shape index (κ3) is 4.10. The van der Waals surface area contributed by atoms with Crippen LogP contribution in [0.1, 0.15) is 55.2 Å². The molecule has 2 aromatic rings. The normalized spacial score (nSPS) is 15.5. The summed E-state index contributed by atoms with van der Waals surface area (Å²) in [7, 11) is 0. The van der Waals surface area contributed by atoms with Crippen molar-refractivity contribution in [3.8, 4) is 5.69 Å². The number of ether oxygens (including phenoxy) is 1. The van der Waals surface area contributed by atoms with Crippen LogP contribution in [0.15, 0.2) is 24.3 Å². The highest BCUT2D eigenvalue weighted by Crippen LogP contribution is 2.30. The highest BCUT2D eigenvalue weighted by molar-refractivity contribution is 5.97. The van der Waals surface area contributed by atoms with Crippen LogP contribution in [0.3, 0.4) is 0 Å². The molecule has 1 aliphatic rings. The molecule has 0 radical (unpaired) electrons. The van der Waals surface area contributed by atoms with Gasteiger partial charge in [0, 0.05) is 12.1 Å². The Hall–Kier alpha value is -3.30. The first-order chi connectivity index (χ1) is 13.9. The Morgan fingerprint density at radius 3 is 2.69 bits per heavy atom. The number of non-ortho nitro benzene ring substituents is 1. The predicted octanol–water partition coefficient (Wildman–Crippen LogP) is 2.48. The molecule has 0 bridgehead atoms. The molecule has 29 heavy (non-hydrogen) atoms. The van der Waals surface area contributed by atoms with Crippen molar-refractivity contribution in [1.29, 1.82) is 0 Å². The fraction of sp³-hybridized carbons (Fsp3) is 0.474. The van der Waals surface area contributed by atoms with E-state index in [1.54, 1.807) is 19.9 Å². The summed E-state index contributed by atoms with van der Waals surface area (Å²) in [6.45, 7) is 3.61. The van der Waals surface area contributed by atoms with Crippen LogP contribution in [0, 0.1) is 17.0 Å². The molecule has 1 saturated carbocycles. The van der Waals surface area contributed by atoms with Gasteiger partial charge in [0.15, 0.2) is 5.69 Å². The number of hydrogen-bond donors (Lipinski definition) is 1. The van der Waals surface area contributed by atoms with Crippen molar-refractivity contribution in [2.45, 2.75) is 51.5 Å². The Balaban J connectivity index is 1.87. The number of aromatic nitrogens is 3. The third-order valence-electron chi connectivity index (χ3n) is 5.12. The van der Waals surface area contributed by atoms with E-state index in [-0.39, 0.29) is 18.0 Å². The molecule has 0 atom stereocenters. The number of esters is 1. The van der Waals surface area contributed by atoms with Gasteiger partial charge in [0.25, 0.3) is 11.6 Å². The predicted molar refractivity (Wildman–Crippen MR) is 103 cm³/mol. The molecule has 0 saturated heterocycles. The minimum absolute atomic E-state index is 0.0609. The van der Waals surface area contributed by atoms with E-state index in [2.05, 4.69) is 15.6 Å². The molecule has 154 valence electrons. The van der Waals surface area contributed by atoms with Crippen molar-refractivity contribution in [2.75, 3.05) is 6.61 Å². The fourth-order valence-corrected chi connectivity index (χ4v) is 3.60. The Morgan fingerprint density at radius 1 is 1.31 bits per heavy atom. The number of rotatable bonds is 6. The number of nitro benzene ring substituents is 1. The van der Waals surface area contributed by atoms with Crippen molar-refractivity contribution < 1.29 is 19.2 Å². The molecule has 0 aliphatic heterocycles. The number of amides is 1. The van der Waals surface area contributed by atoms with E-state index in [4.69, 9.17) is 4.74 Å². The second kappa shape index (κ2) is 8.38. The van der Waals surface area contributed by atoms with Gasteiger partial charge < -0.3 is 10.1 Å². The summed E-state index contributed by atoms with van der Waals surface area (Å²) < 4.78 is 6.56. The van der Waals surface area contributed by atoms with Crippen LogP contribution in [0.25, 0.3) is 5.69 Å². The average Bonchev–Trinajstić information content (AvgIpc) is 3.10. The molecular formula is C19H23N5O5. The van der Waals surface area contributed by atoms with Gasteiger partial charge in [-0.2, -0.15) is 0 Å². The molecular weight excluding hydrogens is 378 g/mol. The summed E-state index contributed by atoms with van der Waals surface area (Å²) in [5.41, 5.74) is -0.260. The van der Waals surface area contributed by atoms with E-state index in [1.165, 1.54) is 22.9 Å². The Kier molecular flexibility index (Phi) is 5.90.